The van der Waals surface area contributed by atoms with Crippen LogP contribution in [0.3, 0.4) is 0 Å². The van der Waals surface area contributed by atoms with E-state index in [2.05, 4.69) is 21.2 Å². The topological polar surface area (TPSA) is 62.5 Å². The molecule has 1 aliphatic rings. The van der Waals surface area contributed by atoms with E-state index in [0.717, 1.165) is 42.6 Å². The van der Waals surface area contributed by atoms with Crippen LogP contribution in [0.2, 0.25) is 4.34 Å². The second kappa shape index (κ2) is 8.52. The Morgan fingerprint density at radius 3 is 2.74 bits per heavy atom. The Morgan fingerprint density at radius 2 is 2.04 bits per heavy atom. The SMILES string of the molecule is O=C(CCc1nnc(-c2ccsc2)o1)N1CCN(Cc2ccc(Cl)s2)CC1. The molecule has 0 bridgehead atoms. The zero-order valence-electron chi connectivity index (χ0n) is 14.6. The minimum atomic E-state index is 0.143. The van der Waals surface area contributed by atoms with E-state index in [4.69, 9.17) is 16.0 Å². The average Bonchev–Trinajstić information content (AvgIpc) is 3.42. The predicted molar refractivity (Wildman–Crippen MR) is 107 cm³/mol. The van der Waals surface area contributed by atoms with E-state index in [0.29, 0.717) is 24.6 Å². The van der Waals surface area contributed by atoms with Crippen LogP contribution in [0.1, 0.15) is 17.2 Å². The van der Waals surface area contributed by atoms with E-state index in [1.54, 1.807) is 22.7 Å². The number of hydrogen-bond acceptors (Lipinski definition) is 7. The van der Waals surface area contributed by atoms with Gasteiger partial charge in [0.15, 0.2) is 0 Å². The second-order valence-corrected chi connectivity index (χ2v) is 8.96. The average molecular weight is 423 g/mol. The van der Waals surface area contributed by atoms with E-state index in [-0.39, 0.29) is 5.91 Å². The van der Waals surface area contributed by atoms with Gasteiger partial charge in [-0.1, -0.05) is 11.6 Å². The first-order chi connectivity index (χ1) is 13.2. The Hall–Kier alpha value is -1.74. The number of rotatable bonds is 6. The number of carbonyl (C=O) groups excluding carboxylic acids is 1. The van der Waals surface area contributed by atoms with E-state index >= 15 is 0 Å². The Labute approximate surface area is 170 Å². The van der Waals surface area contributed by atoms with Crippen molar-refractivity contribution in [1.82, 2.24) is 20.0 Å². The first-order valence-corrected chi connectivity index (χ1v) is 10.9. The largest absolute Gasteiger partial charge is 0.421 e. The molecule has 3 aromatic rings. The molecule has 0 unspecified atom stereocenters. The zero-order chi connectivity index (χ0) is 18.6. The van der Waals surface area contributed by atoms with Crippen molar-refractivity contribution in [3.05, 3.63) is 44.1 Å². The fourth-order valence-electron chi connectivity index (χ4n) is 3.04. The van der Waals surface area contributed by atoms with E-state index in [1.165, 1.54) is 4.88 Å². The number of halogens is 1. The molecular formula is C18H19ClN4O2S2. The summed E-state index contributed by atoms with van der Waals surface area (Å²) in [6.07, 6.45) is 0.871. The lowest BCUT2D eigenvalue weighted by molar-refractivity contribution is -0.133. The molecule has 4 rings (SSSR count). The molecule has 0 N–H and O–H groups in total. The van der Waals surface area contributed by atoms with Crippen LogP contribution in [0.5, 0.6) is 0 Å². The van der Waals surface area contributed by atoms with Crippen LogP contribution in [0.15, 0.2) is 33.4 Å². The van der Waals surface area contributed by atoms with Gasteiger partial charge in [0.25, 0.3) is 0 Å². The highest BCUT2D eigenvalue weighted by Gasteiger charge is 2.22. The Kier molecular flexibility index (Phi) is 5.87. The number of aromatic nitrogens is 2. The molecule has 0 atom stereocenters. The molecule has 0 radical (unpaired) electrons. The molecule has 3 aromatic heterocycles. The highest BCUT2D eigenvalue weighted by molar-refractivity contribution is 7.16. The number of carbonyl (C=O) groups is 1. The van der Waals surface area contributed by atoms with Gasteiger partial charge in [-0.05, 0) is 23.6 Å². The van der Waals surface area contributed by atoms with E-state index in [9.17, 15) is 4.79 Å². The molecule has 0 aliphatic carbocycles. The summed E-state index contributed by atoms with van der Waals surface area (Å²) in [5.41, 5.74) is 0.924. The lowest BCUT2D eigenvalue weighted by Gasteiger charge is -2.34. The highest BCUT2D eigenvalue weighted by Crippen LogP contribution is 2.23. The molecule has 4 heterocycles. The van der Waals surface area contributed by atoms with Crippen LogP contribution in [-0.2, 0) is 17.8 Å². The van der Waals surface area contributed by atoms with Gasteiger partial charge in [-0.15, -0.1) is 21.5 Å². The quantitative estimate of drug-likeness (QED) is 0.604. The van der Waals surface area contributed by atoms with Gasteiger partial charge >= 0.3 is 0 Å². The molecule has 1 saturated heterocycles. The summed E-state index contributed by atoms with van der Waals surface area (Å²) in [7, 11) is 0. The zero-order valence-corrected chi connectivity index (χ0v) is 17.0. The molecule has 1 aliphatic heterocycles. The standard InChI is InChI=1S/C18H19ClN4O2S2/c19-15-2-1-14(27-15)11-22-6-8-23(9-7-22)17(24)4-3-16-20-21-18(25-16)13-5-10-26-12-13/h1-2,5,10,12H,3-4,6-9,11H2. The lowest BCUT2D eigenvalue weighted by Crippen LogP contribution is -2.48. The minimum Gasteiger partial charge on any atom is -0.421 e. The van der Waals surface area contributed by atoms with Gasteiger partial charge in [-0.2, -0.15) is 11.3 Å². The summed E-state index contributed by atoms with van der Waals surface area (Å²) in [6, 6.07) is 5.94. The lowest BCUT2D eigenvalue weighted by atomic mass is 10.2. The number of amides is 1. The third-order valence-electron chi connectivity index (χ3n) is 4.52. The number of nitrogens with zero attached hydrogens (tertiary/aromatic N) is 4. The molecule has 1 fully saturated rings. The Bertz CT molecular complexity index is 885. The van der Waals surface area contributed by atoms with Crippen LogP contribution in [-0.4, -0.2) is 52.1 Å². The van der Waals surface area contributed by atoms with Crippen LogP contribution in [0.4, 0.5) is 0 Å². The van der Waals surface area contributed by atoms with Gasteiger partial charge in [0.05, 0.1) is 4.34 Å². The van der Waals surface area contributed by atoms with Gasteiger partial charge in [-0.3, -0.25) is 9.69 Å². The Morgan fingerprint density at radius 1 is 1.19 bits per heavy atom. The van der Waals surface area contributed by atoms with Gasteiger partial charge in [0, 0.05) is 61.4 Å². The molecule has 0 aromatic carbocycles. The number of thiophene rings is 2. The smallest absolute Gasteiger partial charge is 0.248 e. The fraction of sp³-hybridized carbons (Fsp3) is 0.389. The van der Waals surface area contributed by atoms with E-state index in [1.807, 2.05) is 27.8 Å². The monoisotopic (exact) mass is 422 g/mol. The van der Waals surface area contributed by atoms with Gasteiger partial charge in [0.1, 0.15) is 0 Å². The van der Waals surface area contributed by atoms with Crippen LogP contribution in [0, 0.1) is 0 Å². The third-order valence-corrected chi connectivity index (χ3v) is 6.42. The molecule has 6 nitrogen and oxygen atoms in total. The van der Waals surface area contributed by atoms with Crippen molar-refractivity contribution in [2.24, 2.45) is 0 Å². The predicted octanol–water partition coefficient (Wildman–Crippen LogP) is 3.79. The van der Waals surface area contributed by atoms with Crippen molar-refractivity contribution in [3.63, 3.8) is 0 Å². The van der Waals surface area contributed by atoms with Crippen LogP contribution in [0.25, 0.3) is 11.5 Å². The summed E-state index contributed by atoms with van der Waals surface area (Å²) in [5, 5.41) is 12.0. The van der Waals surface area contributed by atoms with Crippen molar-refractivity contribution in [2.45, 2.75) is 19.4 Å². The summed E-state index contributed by atoms with van der Waals surface area (Å²) < 4.78 is 6.47. The van der Waals surface area contributed by atoms with E-state index < -0.39 is 0 Å². The molecule has 0 spiro atoms. The normalized spacial score (nSPS) is 15.4. The first kappa shape index (κ1) is 18.6. The minimum absolute atomic E-state index is 0.143. The maximum Gasteiger partial charge on any atom is 0.248 e. The van der Waals surface area contributed by atoms with Crippen LogP contribution >= 0.6 is 34.3 Å². The number of piperazine rings is 1. The Balaban J connectivity index is 1.23. The summed E-state index contributed by atoms with van der Waals surface area (Å²) in [5.74, 6) is 1.17. The maximum atomic E-state index is 12.5. The van der Waals surface area contributed by atoms with Crippen LogP contribution < -0.4 is 0 Å². The molecule has 1 amide bonds. The maximum absolute atomic E-state index is 12.5. The molecular weight excluding hydrogens is 404 g/mol. The van der Waals surface area contributed by atoms with Gasteiger partial charge in [0.2, 0.25) is 17.7 Å². The molecule has 9 heteroatoms. The van der Waals surface area contributed by atoms with Crippen molar-refractivity contribution in [3.8, 4) is 11.5 Å². The number of aryl methyl sites for hydroxylation is 1. The highest BCUT2D eigenvalue weighted by atomic mass is 35.5. The van der Waals surface area contributed by atoms with Crippen molar-refractivity contribution < 1.29 is 9.21 Å². The fourth-order valence-corrected chi connectivity index (χ4v) is 4.80. The van der Waals surface area contributed by atoms with Crippen molar-refractivity contribution in [2.75, 3.05) is 26.2 Å². The van der Waals surface area contributed by atoms with Gasteiger partial charge < -0.3 is 9.32 Å². The third kappa shape index (κ3) is 4.76. The summed E-state index contributed by atoms with van der Waals surface area (Å²) in [4.78, 5) is 18.0. The summed E-state index contributed by atoms with van der Waals surface area (Å²) in [6.45, 7) is 4.16. The first-order valence-electron chi connectivity index (χ1n) is 8.76. The van der Waals surface area contributed by atoms with Crippen molar-refractivity contribution in [1.29, 1.82) is 0 Å². The number of hydrogen-bond donors (Lipinski definition) is 0. The molecule has 0 saturated carbocycles. The van der Waals surface area contributed by atoms with Gasteiger partial charge in [-0.25, -0.2) is 0 Å². The molecule has 142 valence electrons. The van der Waals surface area contributed by atoms with Crippen molar-refractivity contribution >= 4 is 40.2 Å². The summed E-state index contributed by atoms with van der Waals surface area (Å²) >= 11 is 9.19. The molecule has 27 heavy (non-hydrogen) atoms. The second-order valence-electron chi connectivity index (χ2n) is 6.38.